The summed E-state index contributed by atoms with van der Waals surface area (Å²) in [6, 6.07) is 0. The zero-order valence-corrected chi connectivity index (χ0v) is 22.9. The van der Waals surface area contributed by atoms with Crippen molar-refractivity contribution in [2.75, 3.05) is 26.9 Å². The fourth-order valence-electron chi connectivity index (χ4n) is 5.83. The monoisotopic (exact) mass is 574 g/mol. The molecule has 1 saturated heterocycles. The van der Waals surface area contributed by atoms with E-state index in [0.717, 1.165) is 6.26 Å². The Kier molecular flexibility index (Phi) is 11.5. The minimum absolute atomic E-state index is 0.0226. The molecule has 0 aromatic carbocycles. The van der Waals surface area contributed by atoms with Crippen molar-refractivity contribution in [3.63, 3.8) is 0 Å². The van der Waals surface area contributed by atoms with Crippen molar-refractivity contribution in [1.82, 2.24) is 0 Å². The number of aliphatic hydroxyl groups excluding tert-OH is 6. The molecule has 13 unspecified atom stereocenters. The van der Waals surface area contributed by atoms with Crippen LogP contribution in [0.5, 0.6) is 0 Å². The van der Waals surface area contributed by atoms with E-state index in [1.54, 1.807) is 0 Å². The van der Waals surface area contributed by atoms with Crippen molar-refractivity contribution in [2.24, 2.45) is 35.5 Å². The largest absolute Gasteiger partial charge is 0.471 e. The number of ether oxygens (including phenoxy) is 5. The Labute approximate surface area is 232 Å². The van der Waals surface area contributed by atoms with Gasteiger partial charge in [0.25, 0.3) is 0 Å². The highest BCUT2D eigenvalue weighted by molar-refractivity contribution is 5.90. The third-order valence-corrected chi connectivity index (χ3v) is 8.51. The van der Waals surface area contributed by atoms with Gasteiger partial charge in [0.2, 0.25) is 6.29 Å². The van der Waals surface area contributed by atoms with Gasteiger partial charge in [0, 0.05) is 24.4 Å². The van der Waals surface area contributed by atoms with Crippen molar-refractivity contribution >= 4 is 11.9 Å². The Bertz CT molecular complexity index is 907. The number of methoxy groups -OCH3 is 1. The normalized spacial score (nSPS) is 40.5. The summed E-state index contributed by atoms with van der Waals surface area (Å²) < 4.78 is 27.2. The molecule has 3 rings (SSSR count). The average molecular weight is 575 g/mol. The molecule has 1 aliphatic carbocycles. The summed E-state index contributed by atoms with van der Waals surface area (Å²) in [6.45, 7) is 6.84. The molecule has 0 aromatic rings. The van der Waals surface area contributed by atoms with Crippen LogP contribution in [0.15, 0.2) is 24.5 Å². The molecule has 0 radical (unpaired) electrons. The van der Waals surface area contributed by atoms with Crippen LogP contribution in [0.3, 0.4) is 0 Å². The van der Waals surface area contributed by atoms with E-state index in [1.807, 2.05) is 13.8 Å². The van der Waals surface area contributed by atoms with Crippen LogP contribution in [-0.4, -0.2) is 113 Å². The standard InChI is InChI=1S/C27H42O13/c1-5-14-16(7-21(31)37-10-17-13(3)19(30)6-15(17)12(2)8-28)18(25(35)36-4)11-38-26(14)40-27-24(34)23(33)22(32)20(9-29)39-27/h5,11-17,19-20,22-24,26-30,32-34H,1,6-10H2,2-4H3. The van der Waals surface area contributed by atoms with E-state index in [0.29, 0.717) is 6.42 Å². The lowest BCUT2D eigenvalue weighted by molar-refractivity contribution is -0.339. The molecule has 0 spiro atoms. The first-order valence-corrected chi connectivity index (χ1v) is 13.5. The third kappa shape index (κ3) is 6.85. The van der Waals surface area contributed by atoms with Crippen LogP contribution in [0.4, 0.5) is 0 Å². The summed E-state index contributed by atoms with van der Waals surface area (Å²) in [4.78, 5) is 25.6. The summed E-state index contributed by atoms with van der Waals surface area (Å²) in [7, 11) is 1.17. The fourth-order valence-corrected chi connectivity index (χ4v) is 5.83. The van der Waals surface area contributed by atoms with Crippen molar-refractivity contribution < 1.29 is 63.9 Å². The van der Waals surface area contributed by atoms with Crippen LogP contribution in [0.1, 0.15) is 26.7 Å². The van der Waals surface area contributed by atoms with Crippen LogP contribution < -0.4 is 0 Å². The molecule has 40 heavy (non-hydrogen) atoms. The van der Waals surface area contributed by atoms with Gasteiger partial charge in [-0.3, -0.25) is 4.79 Å². The molecule has 13 atom stereocenters. The van der Waals surface area contributed by atoms with Crippen LogP contribution in [0.25, 0.3) is 0 Å². The summed E-state index contributed by atoms with van der Waals surface area (Å²) in [6.07, 6.45) is -6.83. The Balaban J connectivity index is 1.74. The highest BCUT2D eigenvalue weighted by atomic mass is 16.8. The van der Waals surface area contributed by atoms with Crippen LogP contribution in [0.2, 0.25) is 0 Å². The quantitative estimate of drug-likeness (QED) is 0.127. The van der Waals surface area contributed by atoms with E-state index < -0.39 is 73.5 Å². The zero-order valence-electron chi connectivity index (χ0n) is 22.9. The zero-order chi connectivity index (χ0) is 29.7. The second-order valence-electron chi connectivity index (χ2n) is 10.9. The molecule has 0 amide bonds. The van der Waals surface area contributed by atoms with Crippen LogP contribution in [0, 0.1) is 35.5 Å². The summed E-state index contributed by atoms with van der Waals surface area (Å²) in [5.74, 6) is -3.54. The van der Waals surface area contributed by atoms with Crippen LogP contribution in [-0.2, 0) is 33.3 Å². The molecule has 0 aromatic heterocycles. The topological polar surface area (TPSA) is 202 Å². The SMILES string of the molecule is C=CC1C(OC2OC(CO)C(O)C(O)C2O)OC=C(C(=O)OC)C1CC(=O)OCC1C(C)C(O)CC1C(C)CO. The Morgan fingerprint density at radius 1 is 1.15 bits per heavy atom. The van der Waals surface area contributed by atoms with Crippen molar-refractivity contribution in [1.29, 1.82) is 0 Å². The van der Waals surface area contributed by atoms with Crippen molar-refractivity contribution in [3.8, 4) is 0 Å². The molecule has 228 valence electrons. The van der Waals surface area contributed by atoms with E-state index in [2.05, 4.69) is 6.58 Å². The average Bonchev–Trinajstić information content (AvgIpc) is 3.24. The molecule has 0 bridgehead atoms. The van der Waals surface area contributed by atoms with Crippen molar-refractivity contribution in [3.05, 3.63) is 24.5 Å². The molecule has 2 aliphatic heterocycles. The van der Waals surface area contributed by atoms with Gasteiger partial charge in [0.05, 0.1) is 44.7 Å². The Hall–Kier alpha value is -2.10. The number of esters is 2. The second-order valence-corrected chi connectivity index (χ2v) is 10.9. The minimum atomic E-state index is -1.70. The van der Waals surface area contributed by atoms with E-state index in [1.165, 1.54) is 13.2 Å². The van der Waals surface area contributed by atoms with Gasteiger partial charge in [0.1, 0.15) is 24.4 Å². The maximum atomic E-state index is 13.0. The van der Waals surface area contributed by atoms with Gasteiger partial charge in [-0.1, -0.05) is 19.9 Å². The lowest BCUT2D eigenvalue weighted by Gasteiger charge is -2.42. The summed E-state index contributed by atoms with van der Waals surface area (Å²) in [5.41, 5.74) is 0.0226. The summed E-state index contributed by atoms with van der Waals surface area (Å²) >= 11 is 0. The van der Waals surface area contributed by atoms with Crippen molar-refractivity contribution in [2.45, 2.75) is 69.8 Å². The van der Waals surface area contributed by atoms with E-state index >= 15 is 0 Å². The van der Waals surface area contributed by atoms with Gasteiger partial charge in [-0.05, 0) is 24.2 Å². The predicted octanol–water partition coefficient (Wildman–Crippen LogP) is -1.17. The number of aliphatic hydroxyl groups is 6. The van der Waals surface area contributed by atoms with Gasteiger partial charge in [-0.25, -0.2) is 4.79 Å². The minimum Gasteiger partial charge on any atom is -0.471 e. The predicted molar refractivity (Wildman–Crippen MR) is 136 cm³/mol. The van der Waals surface area contributed by atoms with Gasteiger partial charge in [-0.15, -0.1) is 6.58 Å². The van der Waals surface area contributed by atoms with Gasteiger partial charge in [-0.2, -0.15) is 0 Å². The van der Waals surface area contributed by atoms with Gasteiger partial charge >= 0.3 is 11.9 Å². The summed E-state index contributed by atoms with van der Waals surface area (Å²) in [5, 5.41) is 59.9. The highest BCUT2D eigenvalue weighted by Crippen LogP contribution is 2.42. The molecular weight excluding hydrogens is 532 g/mol. The molecule has 2 fully saturated rings. The number of hydrogen-bond acceptors (Lipinski definition) is 13. The number of rotatable bonds is 11. The molecule has 3 aliphatic rings. The Morgan fingerprint density at radius 2 is 1.85 bits per heavy atom. The first-order chi connectivity index (χ1) is 19.0. The highest BCUT2D eigenvalue weighted by Gasteiger charge is 2.48. The maximum absolute atomic E-state index is 13.0. The van der Waals surface area contributed by atoms with Gasteiger partial charge in [0.15, 0.2) is 6.29 Å². The lowest BCUT2D eigenvalue weighted by Crippen LogP contribution is -2.60. The lowest BCUT2D eigenvalue weighted by atomic mass is 9.81. The molecule has 13 heteroatoms. The fraction of sp³-hybridized carbons (Fsp3) is 0.778. The third-order valence-electron chi connectivity index (χ3n) is 8.51. The van der Waals surface area contributed by atoms with E-state index in [9.17, 15) is 40.2 Å². The number of carbonyl (C=O) groups excluding carboxylic acids is 2. The van der Waals surface area contributed by atoms with E-state index in [4.69, 9.17) is 23.7 Å². The molecule has 2 heterocycles. The number of carbonyl (C=O) groups is 2. The molecule has 13 nitrogen and oxygen atoms in total. The first kappa shape index (κ1) is 32.4. The smallest absolute Gasteiger partial charge is 0.337 e. The number of hydrogen-bond donors (Lipinski definition) is 6. The Morgan fingerprint density at radius 3 is 2.45 bits per heavy atom. The van der Waals surface area contributed by atoms with Gasteiger partial charge < -0.3 is 54.3 Å². The first-order valence-electron chi connectivity index (χ1n) is 13.5. The molecular formula is C27H42O13. The molecule has 6 N–H and O–H groups in total. The second kappa shape index (κ2) is 14.2. The van der Waals surface area contributed by atoms with E-state index in [-0.39, 0.29) is 48.9 Å². The maximum Gasteiger partial charge on any atom is 0.337 e. The van der Waals surface area contributed by atoms with Crippen LogP contribution >= 0.6 is 0 Å². The molecule has 1 saturated carbocycles.